The van der Waals surface area contributed by atoms with Crippen LogP contribution in [0.15, 0.2) is 0 Å². The van der Waals surface area contributed by atoms with E-state index < -0.39 is 0 Å². The first-order valence-electron chi connectivity index (χ1n) is 5.71. The zero-order valence-corrected chi connectivity index (χ0v) is 8.78. The van der Waals surface area contributed by atoms with E-state index in [1.807, 2.05) is 0 Å². The van der Waals surface area contributed by atoms with Crippen LogP contribution in [0.1, 0.15) is 45.4 Å². The minimum absolute atomic E-state index is 0.182. The second-order valence-electron chi connectivity index (χ2n) is 4.56. The first-order chi connectivity index (χ1) is 6.72. The summed E-state index contributed by atoms with van der Waals surface area (Å²) in [4.78, 5) is 13.7. The summed E-state index contributed by atoms with van der Waals surface area (Å²) >= 11 is 0. The number of carbonyl (C=O) groups is 1. The summed E-state index contributed by atoms with van der Waals surface area (Å²) in [5.41, 5.74) is 0. The normalized spacial score (nSPS) is 37.4. The molecule has 80 valence electrons. The van der Waals surface area contributed by atoms with E-state index in [2.05, 4.69) is 11.8 Å². The van der Waals surface area contributed by atoms with Gasteiger partial charge in [0.1, 0.15) is 0 Å². The molecule has 2 fully saturated rings. The van der Waals surface area contributed by atoms with Crippen LogP contribution in [-0.4, -0.2) is 34.1 Å². The van der Waals surface area contributed by atoms with Crippen LogP contribution in [0, 0.1) is 0 Å². The van der Waals surface area contributed by atoms with E-state index in [0.717, 1.165) is 32.1 Å². The van der Waals surface area contributed by atoms with Crippen LogP contribution < -0.4 is 0 Å². The molecule has 1 amide bonds. The summed E-state index contributed by atoms with van der Waals surface area (Å²) in [6, 6.07) is 0.645. The van der Waals surface area contributed by atoms with Crippen molar-refractivity contribution in [2.75, 3.05) is 0 Å². The molecule has 2 aliphatic rings. The standard InChI is InChI=1S/C11H19NO2/c1-2-3-8-6-10(13)7-9-4-5-11(14)12(8)9/h8-10,13H,2-7H2,1H3. The van der Waals surface area contributed by atoms with Gasteiger partial charge in [-0.15, -0.1) is 0 Å². The van der Waals surface area contributed by atoms with Gasteiger partial charge in [0.2, 0.25) is 5.91 Å². The lowest BCUT2D eigenvalue weighted by Crippen LogP contribution is -2.49. The minimum atomic E-state index is -0.182. The van der Waals surface area contributed by atoms with Crippen molar-refractivity contribution < 1.29 is 9.90 Å². The van der Waals surface area contributed by atoms with Gasteiger partial charge in [0, 0.05) is 18.5 Å². The van der Waals surface area contributed by atoms with Gasteiger partial charge >= 0.3 is 0 Å². The molecule has 0 aliphatic carbocycles. The fraction of sp³-hybridized carbons (Fsp3) is 0.909. The van der Waals surface area contributed by atoms with Crippen molar-refractivity contribution >= 4 is 5.91 Å². The van der Waals surface area contributed by atoms with Gasteiger partial charge in [-0.05, 0) is 25.7 Å². The van der Waals surface area contributed by atoms with E-state index in [1.54, 1.807) is 0 Å². The Kier molecular flexibility index (Phi) is 2.77. The lowest BCUT2D eigenvalue weighted by Gasteiger charge is -2.40. The van der Waals surface area contributed by atoms with Crippen molar-refractivity contribution in [2.24, 2.45) is 0 Å². The highest BCUT2D eigenvalue weighted by atomic mass is 16.3. The average Bonchev–Trinajstić information content (AvgIpc) is 2.48. The van der Waals surface area contributed by atoms with E-state index in [4.69, 9.17) is 0 Å². The number of piperidine rings is 1. The van der Waals surface area contributed by atoms with Crippen LogP contribution in [0.2, 0.25) is 0 Å². The maximum atomic E-state index is 11.6. The number of amides is 1. The second kappa shape index (κ2) is 3.89. The molecule has 3 unspecified atom stereocenters. The first kappa shape index (κ1) is 9.97. The van der Waals surface area contributed by atoms with Crippen molar-refractivity contribution in [3.63, 3.8) is 0 Å². The van der Waals surface area contributed by atoms with Gasteiger partial charge in [0.25, 0.3) is 0 Å². The number of hydrogen-bond donors (Lipinski definition) is 1. The molecule has 0 aromatic heterocycles. The molecule has 1 N–H and O–H groups in total. The molecule has 14 heavy (non-hydrogen) atoms. The smallest absolute Gasteiger partial charge is 0.223 e. The zero-order chi connectivity index (χ0) is 10.1. The molecule has 0 radical (unpaired) electrons. The molecule has 2 aliphatic heterocycles. The summed E-state index contributed by atoms with van der Waals surface area (Å²) in [6.45, 7) is 2.14. The number of nitrogens with zero attached hydrogens (tertiary/aromatic N) is 1. The Morgan fingerprint density at radius 3 is 3.00 bits per heavy atom. The number of carbonyl (C=O) groups excluding carboxylic acids is 1. The molecular weight excluding hydrogens is 178 g/mol. The van der Waals surface area contributed by atoms with Gasteiger partial charge in [-0.2, -0.15) is 0 Å². The SMILES string of the molecule is CCCC1CC(O)CC2CCC(=O)N12. The lowest BCUT2D eigenvalue weighted by atomic mass is 9.92. The average molecular weight is 197 g/mol. The molecule has 0 saturated carbocycles. The van der Waals surface area contributed by atoms with Crippen molar-refractivity contribution in [2.45, 2.75) is 63.6 Å². The molecule has 3 atom stereocenters. The van der Waals surface area contributed by atoms with Crippen molar-refractivity contribution in [3.05, 3.63) is 0 Å². The number of hydrogen-bond acceptors (Lipinski definition) is 2. The van der Waals surface area contributed by atoms with E-state index in [9.17, 15) is 9.90 Å². The van der Waals surface area contributed by atoms with E-state index >= 15 is 0 Å². The van der Waals surface area contributed by atoms with E-state index in [-0.39, 0.29) is 6.10 Å². The second-order valence-corrected chi connectivity index (χ2v) is 4.56. The van der Waals surface area contributed by atoms with Crippen LogP contribution in [0.4, 0.5) is 0 Å². The summed E-state index contributed by atoms with van der Waals surface area (Å²) in [5, 5.41) is 9.70. The summed E-state index contributed by atoms with van der Waals surface area (Å²) in [6.07, 6.45) is 5.18. The van der Waals surface area contributed by atoms with Gasteiger partial charge in [0.05, 0.1) is 6.10 Å². The summed E-state index contributed by atoms with van der Waals surface area (Å²) in [5.74, 6) is 0.306. The van der Waals surface area contributed by atoms with Crippen LogP contribution in [0.3, 0.4) is 0 Å². The predicted octanol–water partition coefficient (Wildman–Crippen LogP) is 1.30. The quantitative estimate of drug-likeness (QED) is 0.725. The Balaban J connectivity index is 2.09. The molecule has 0 spiro atoms. The largest absolute Gasteiger partial charge is 0.393 e. The molecule has 3 nitrogen and oxygen atoms in total. The number of fused-ring (bicyclic) bond motifs is 1. The van der Waals surface area contributed by atoms with Crippen LogP contribution in [0.5, 0.6) is 0 Å². The highest BCUT2D eigenvalue weighted by Crippen LogP contribution is 2.33. The maximum Gasteiger partial charge on any atom is 0.223 e. The summed E-state index contributed by atoms with van der Waals surface area (Å²) in [7, 11) is 0. The van der Waals surface area contributed by atoms with E-state index in [1.165, 1.54) is 0 Å². The van der Waals surface area contributed by atoms with Crippen molar-refractivity contribution in [1.82, 2.24) is 4.90 Å². The third kappa shape index (κ3) is 1.65. The predicted molar refractivity (Wildman–Crippen MR) is 53.8 cm³/mol. The van der Waals surface area contributed by atoms with Gasteiger partial charge in [-0.3, -0.25) is 4.79 Å². The molecule has 3 heteroatoms. The molecule has 0 aromatic carbocycles. The molecule has 0 aromatic rings. The Labute approximate surface area is 85.1 Å². The maximum absolute atomic E-state index is 11.6. The number of aliphatic hydroxyl groups is 1. The third-order valence-corrected chi connectivity index (χ3v) is 3.48. The monoisotopic (exact) mass is 197 g/mol. The minimum Gasteiger partial charge on any atom is -0.393 e. The first-order valence-corrected chi connectivity index (χ1v) is 5.71. The fourth-order valence-corrected chi connectivity index (χ4v) is 2.92. The third-order valence-electron chi connectivity index (χ3n) is 3.48. The van der Waals surface area contributed by atoms with Crippen LogP contribution in [-0.2, 0) is 4.79 Å². The van der Waals surface area contributed by atoms with E-state index in [0.29, 0.717) is 24.4 Å². The van der Waals surface area contributed by atoms with Gasteiger partial charge in [-0.1, -0.05) is 13.3 Å². The van der Waals surface area contributed by atoms with Crippen LogP contribution in [0.25, 0.3) is 0 Å². The molecule has 0 bridgehead atoms. The van der Waals surface area contributed by atoms with Gasteiger partial charge < -0.3 is 10.0 Å². The molecule has 2 rings (SSSR count). The van der Waals surface area contributed by atoms with Crippen molar-refractivity contribution in [1.29, 1.82) is 0 Å². The lowest BCUT2D eigenvalue weighted by molar-refractivity contribution is -0.134. The van der Waals surface area contributed by atoms with Gasteiger partial charge in [-0.25, -0.2) is 0 Å². The Bertz CT molecular complexity index is 229. The molecule has 2 saturated heterocycles. The van der Waals surface area contributed by atoms with Gasteiger partial charge in [0.15, 0.2) is 0 Å². The highest BCUT2D eigenvalue weighted by molar-refractivity contribution is 5.79. The number of aliphatic hydroxyl groups excluding tert-OH is 1. The Morgan fingerprint density at radius 1 is 1.50 bits per heavy atom. The topological polar surface area (TPSA) is 40.5 Å². The molecule has 2 heterocycles. The number of rotatable bonds is 2. The molecular formula is C11H19NO2. The zero-order valence-electron chi connectivity index (χ0n) is 8.78. The van der Waals surface area contributed by atoms with Crippen LogP contribution >= 0.6 is 0 Å². The Morgan fingerprint density at radius 2 is 2.29 bits per heavy atom. The Hall–Kier alpha value is -0.570. The fourth-order valence-electron chi connectivity index (χ4n) is 2.92. The summed E-state index contributed by atoms with van der Waals surface area (Å²) < 4.78 is 0. The highest BCUT2D eigenvalue weighted by Gasteiger charge is 2.40. The van der Waals surface area contributed by atoms with Crippen molar-refractivity contribution in [3.8, 4) is 0 Å².